The molecule has 0 radical (unpaired) electrons. The Balaban J connectivity index is 1.73. The molecule has 0 saturated carbocycles. The van der Waals surface area contributed by atoms with Crippen LogP contribution in [-0.4, -0.2) is 17.4 Å². The van der Waals surface area contributed by atoms with E-state index in [0.717, 1.165) is 22.6 Å². The summed E-state index contributed by atoms with van der Waals surface area (Å²) >= 11 is 5.95. The zero-order valence-electron chi connectivity index (χ0n) is 11.4. The maximum Gasteiger partial charge on any atom is 0.165 e. The van der Waals surface area contributed by atoms with Crippen molar-refractivity contribution in [2.75, 3.05) is 13.2 Å². The van der Waals surface area contributed by atoms with Gasteiger partial charge >= 0.3 is 0 Å². The third-order valence-corrected chi connectivity index (χ3v) is 4.70. The molecule has 1 heterocycles. The molecule has 0 bridgehead atoms. The van der Waals surface area contributed by atoms with Crippen LogP contribution in [0.4, 0.5) is 0 Å². The lowest BCUT2D eigenvalue weighted by Crippen LogP contribution is -2.17. The van der Waals surface area contributed by atoms with Gasteiger partial charge in [-0.25, -0.2) is 0 Å². The molecule has 0 fully saturated rings. The Bertz CT molecular complexity index is 672. The van der Waals surface area contributed by atoms with E-state index in [1.165, 1.54) is 0 Å². The molecule has 0 amide bonds. The van der Waals surface area contributed by atoms with Crippen molar-refractivity contribution >= 4 is 22.4 Å². The normalized spacial score (nSPS) is 14.7. The Morgan fingerprint density at radius 1 is 1.05 bits per heavy atom. The first-order chi connectivity index (χ1) is 10.2. The molecule has 3 rings (SSSR count). The molecule has 110 valence electrons. The first-order valence-corrected chi connectivity index (χ1v) is 8.56. The van der Waals surface area contributed by atoms with Crippen molar-refractivity contribution in [3.8, 4) is 11.5 Å². The van der Waals surface area contributed by atoms with Crippen LogP contribution in [-0.2, 0) is 22.3 Å². The van der Waals surface area contributed by atoms with Crippen LogP contribution in [0.5, 0.6) is 11.5 Å². The van der Waals surface area contributed by atoms with Crippen LogP contribution in [0.2, 0.25) is 5.02 Å². The van der Waals surface area contributed by atoms with E-state index in [2.05, 4.69) is 0 Å². The number of ether oxygens (including phenoxy) is 2. The van der Waals surface area contributed by atoms with Crippen LogP contribution in [0.15, 0.2) is 42.5 Å². The zero-order valence-corrected chi connectivity index (χ0v) is 13.0. The highest BCUT2D eigenvalue weighted by Crippen LogP contribution is 2.34. The van der Waals surface area contributed by atoms with Crippen molar-refractivity contribution in [1.82, 2.24) is 0 Å². The fourth-order valence-electron chi connectivity index (χ4n) is 2.28. The SMILES string of the molecule is O=[S@@](Cc1cccc(Cl)c1)Cc1cccc2c1OCCO2. The molecule has 0 unspecified atom stereocenters. The predicted octanol–water partition coefficient (Wildman–Crippen LogP) is 3.56. The predicted molar refractivity (Wildman–Crippen MR) is 84.4 cm³/mol. The van der Waals surface area contributed by atoms with Gasteiger partial charge in [0.25, 0.3) is 0 Å². The topological polar surface area (TPSA) is 35.5 Å². The van der Waals surface area contributed by atoms with Gasteiger partial charge in [-0.1, -0.05) is 35.9 Å². The molecule has 0 aliphatic carbocycles. The molecule has 0 aromatic heterocycles. The first kappa shape index (κ1) is 14.4. The summed E-state index contributed by atoms with van der Waals surface area (Å²) in [5, 5.41) is 0.665. The van der Waals surface area contributed by atoms with Crippen LogP contribution >= 0.6 is 11.6 Å². The van der Waals surface area contributed by atoms with E-state index >= 15 is 0 Å². The third-order valence-electron chi connectivity index (χ3n) is 3.18. The number of benzene rings is 2. The van der Waals surface area contributed by atoms with Gasteiger partial charge in [-0.2, -0.15) is 0 Å². The second kappa shape index (κ2) is 6.50. The molecule has 2 aromatic rings. The molecule has 3 nitrogen and oxygen atoms in total. The number of hydrogen-bond acceptors (Lipinski definition) is 3. The molecule has 1 aliphatic heterocycles. The second-order valence-corrected chi connectivity index (χ2v) is 6.69. The van der Waals surface area contributed by atoms with Gasteiger partial charge in [0.2, 0.25) is 0 Å². The van der Waals surface area contributed by atoms with Crippen LogP contribution in [0.25, 0.3) is 0 Å². The van der Waals surface area contributed by atoms with Crippen molar-refractivity contribution in [2.45, 2.75) is 11.5 Å². The van der Waals surface area contributed by atoms with Crippen molar-refractivity contribution in [2.24, 2.45) is 0 Å². The van der Waals surface area contributed by atoms with Gasteiger partial charge < -0.3 is 9.47 Å². The lowest BCUT2D eigenvalue weighted by atomic mass is 10.2. The summed E-state index contributed by atoms with van der Waals surface area (Å²) in [5.41, 5.74) is 1.90. The summed E-state index contributed by atoms with van der Waals surface area (Å²) in [5.74, 6) is 2.38. The molecule has 0 spiro atoms. The Hall–Kier alpha value is -1.52. The van der Waals surface area contributed by atoms with E-state index in [9.17, 15) is 4.21 Å². The Kier molecular flexibility index (Phi) is 4.46. The van der Waals surface area contributed by atoms with Gasteiger partial charge in [0.15, 0.2) is 11.5 Å². The average Bonchev–Trinajstić information content (AvgIpc) is 2.47. The molecule has 1 aliphatic rings. The van der Waals surface area contributed by atoms with E-state index in [0.29, 0.717) is 29.7 Å². The lowest BCUT2D eigenvalue weighted by molar-refractivity contribution is 0.170. The number of hydrogen-bond donors (Lipinski definition) is 0. The van der Waals surface area contributed by atoms with Crippen molar-refractivity contribution in [1.29, 1.82) is 0 Å². The minimum atomic E-state index is -1.02. The van der Waals surface area contributed by atoms with Gasteiger partial charge in [-0.3, -0.25) is 4.21 Å². The number of rotatable bonds is 4. The summed E-state index contributed by atoms with van der Waals surface area (Å²) < 4.78 is 23.5. The fourth-order valence-corrected chi connectivity index (χ4v) is 3.73. The molecule has 2 aromatic carbocycles. The quantitative estimate of drug-likeness (QED) is 0.863. The van der Waals surface area contributed by atoms with Crippen LogP contribution in [0.1, 0.15) is 11.1 Å². The van der Waals surface area contributed by atoms with Crippen molar-refractivity contribution in [3.63, 3.8) is 0 Å². The average molecular weight is 323 g/mol. The molecular weight excluding hydrogens is 308 g/mol. The lowest BCUT2D eigenvalue weighted by Gasteiger charge is -2.20. The minimum absolute atomic E-state index is 0.443. The van der Waals surface area contributed by atoms with E-state index in [1.807, 2.05) is 42.5 Å². The number of fused-ring (bicyclic) bond motifs is 1. The van der Waals surface area contributed by atoms with Gasteiger partial charge in [-0.05, 0) is 23.8 Å². The Morgan fingerprint density at radius 2 is 1.86 bits per heavy atom. The Labute approximate surface area is 131 Å². The van der Waals surface area contributed by atoms with Gasteiger partial charge in [-0.15, -0.1) is 0 Å². The Morgan fingerprint density at radius 3 is 2.71 bits per heavy atom. The highest BCUT2D eigenvalue weighted by Gasteiger charge is 2.17. The van der Waals surface area contributed by atoms with Crippen molar-refractivity contribution in [3.05, 3.63) is 58.6 Å². The van der Waals surface area contributed by atoms with E-state index in [4.69, 9.17) is 21.1 Å². The fraction of sp³-hybridized carbons (Fsp3) is 0.250. The summed E-state index contributed by atoms with van der Waals surface area (Å²) in [6.07, 6.45) is 0. The second-order valence-electron chi connectivity index (χ2n) is 4.80. The number of para-hydroxylation sites is 1. The molecule has 0 saturated heterocycles. The highest BCUT2D eigenvalue weighted by molar-refractivity contribution is 7.83. The van der Waals surface area contributed by atoms with Gasteiger partial charge in [0, 0.05) is 27.1 Å². The van der Waals surface area contributed by atoms with Gasteiger partial charge in [0.05, 0.1) is 5.75 Å². The molecule has 0 N–H and O–H groups in total. The summed E-state index contributed by atoms with van der Waals surface area (Å²) in [6, 6.07) is 13.2. The maximum absolute atomic E-state index is 12.4. The highest BCUT2D eigenvalue weighted by atomic mass is 35.5. The third kappa shape index (κ3) is 3.57. The van der Waals surface area contributed by atoms with E-state index in [-0.39, 0.29) is 0 Å². The molecular formula is C16H15ClO3S. The summed E-state index contributed by atoms with van der Waals surface area (Å²) in [7, 11) is -1.02. The maximum atomic E-state index is 12.4. The monoisotopic (exact) mass is 322 g/mol. The van der Waals surface area contributed by atoms with E-state index in [1.54, 1.807) is 0 Å². The van der Waals surface area contributed by atoms with Gasteiger partial charge in [0.1, 0.15) is 13.2 Å². The van der Waals surface area contributed by atoms with Crippen LogP contribution in [0, 0.1) is 0 Å². The zero-order chi connectivity index (χ0) is 14.7. The molecule has 1 atom stereocenters. The molecule has 21 heavy (non-hydrogen) atoms. The minimum Gasteiger partial charge on any atom is -0.486 e. The van der Waals surface area contributed by atoms with E-state index < -0.39 is 10.8 Å². The van der Waals surface area contributed by atoms with Crippen LogP contribution < -0.4 is 9.47 Å². The first-order valence-electron chi connectivity index (χ1n) is 6.69. The summed E-state index contributed by atoms with van der Waals surface area (Å²) in [4.78, 5) is 0. The molecule has 5 heteroatoms. The standard InChI is InChI=1S/C16H15ClO3S/c17-14-5-1-3-12(9-14)10-21(18)11-13-4-2-6-15-16(13)20-8-7-19-15/h1-6,9H,7-8,10-11H2/t21-/m0/s1. The smallest absolute Gasteiger partial charge is 0.165 e. The number of halogens is 1. The van der Waals surface area contributed by atoms with Crippen molar-refractivity contribution < 1.29 is 13.7 Å². The largest absolute Gasteiger partial charge is 0.486 e. The van der Waals surface area contributed by atoms with Crippen LogP contribution in [0.3, 0.4) is 0 Å². The summed E-state index contributed by atoms with van der Waals surface area (Å²) in [6.45, 7) is 1.09.